The Hall–Kier alpha value is -0.450. The fourth-order valence-corrected chi connectivity index (χ4v) is 2.38. The Morgan fingerprint density at radius 1 is 1.33 bits per heavy atom. The monoisotopic (exact) mass is 194 g/mol. The highest BCUT2D eigenvalue weighted by Gasteiger charge is 2.35. The zero-order chi connectivity index (χ0) is 9.14. The van der Waals surface area contributed by atoms with Gasteiger partial charge in [-0.1, -0.05) is 6.42 Å². The van der Waals surface area contributed by atoms with Crippen LogP contribution in [0.2, 0.25) is 0 Å². The molecule has 3 nitrogen and oxygen atoms in total. The summed E-state index contributed by atoms with van der Waals surface area (Å²) in [5, 5.41) is -0.941. The number of aldehydes is 1. The van der Waals surface area contributed by atoms with Crippen molar-refractivity contribution in [3.8, 4) is 0 Å². The van der Waals surface area contributed by atoms with E-state index < -0.39 is 28.0 Å². The standard InChI is InChI=1S/C7H11FO3S/c8-7-5(4-9)2-1-3-6(7)12(10)11/h4-7,12H,1-3H2. The molecule has 12 heavy (non-hydrogen) atoms. The lowest BCUT2D eigenvalue weighted by Crippen LogP contribution is -2.35. The highest BCUT2D eigenvalue weighted by molar-refractivity contribution is 7.73. The van der Waals surface area contributed by atoms with E-state index in [4.69, 9.17) is 0 Å². The van der Waals surface area contributed by atoms with Crippen LogP contribution in [0.4, 0.5) is 4.39 Å². The Bertz CT molecular complexity index is 231. The van der Waals surface area contributed by atoms with Gasteiger partial charge < -0.3 is 4.79 Å². The minimum Gasteiger partial charge on any atom is -0.303 e. The Morgan fingerprint density at radius 3 is 2.50 bits per heavy atom. The molecule has 0 aliphatic heterocycles. The summed E-state index contributed by atoms with van der Waals surface area (Å²) in [5.41, 5.74) is 0. The van der Waals surface area contributed by atoms with Crippen molar-refractivity contribution < 1.29 is 17.6 Å². The highest BCUT2D eigenvalue weighted by atomic mass is 32.2. The second-order valence-electron chi connectivity index (χ2n) is 3.03. The third-order valence-corrected chi connectivity index (χ3v) is 3.34. The molecule has 5 heteroatoms. The van der Waals surface area contributed by atoms with Crippen LogP contribution >= 0.6 is 0 Å². The van der Waals surface area contributed by atoms with Gasteiger partial charge in [0.1, 0.15) is 23.2 Å². The van der Waals surface area contributed by atoms with Crippen molar-refractivity contribution in [2.45, 2.75) is 30.7 Å². The average Bonchev–Trinajstić information content (AvgIpc) is 2.04. The zero-order valence-corrected chi connectivity index (χ0v) is 7.38. The zero-order valence-electron chi connectivity index (χ0n) is 6.48. The van der Waals surface area contributed by atoms with Gasteiger partial charge in [0.25, 0.3) is 0 Å². The summed E-state index contributed by atoms with van der Waals surface area (Å²) in [4.78, 5) is 10.3. The first-order chi connectivity index (χ1) is 5.66. The minimum absolute atomic E-state index is 0.351. The summed E-state index contributed by atoms with van der Waals surface area (Å²) in [6, 6.07) is 0. The second kappa shape index (κ2) is 3.98. The van der Waals surface area contributed by atoms with Crippen molar-refractivity contribution in [2.75, 3.05) is 0 Å². The van der Waals surface area contributed by atoms with Gasteiger partial charge in [-0.2, -0.15) is 0 Å². The maximum absolute atomic E-state index is 13.1. The lowest BCUT2D eigenvalue weighted by Gasteiger charge is -2.25. The SMILES string of the molecule is O=CC1CCCC([SH](=O)=O)C1F. The molecule has 1 rings (SSSR count). The van der Waals surface area contributed by atoms with Crippen molar-refractivity contribution in [1.29, 1.82) is 0 Å². The molecule has 0 amide bonds. The van der Waals surface area contributed by atoms with Gasteiger partial charge in [-0.25, -0.2) is 12.8 Å². The third kappa shape index (κ3) is 1.83. The number of rotatable bonds is 2. The predicted molar refractivity (Wildman–Crippen MR) is 42.4 cm³/mol. The van der Waals surface area contributed by atoms with Crippen LogP contribution in [-0.4, -0.2) is 26.1 Å². The average molecular weight is 194 g/mol. The van der Waals surface area contributed by atoms with Crippen molar-refractivity contribution >= 4 is 17.0 Å². The van der Waals surface area contributed by atoms with E-state index in [2.05, 4.69) is 0 Å². The van der Waals surface area contributed by atoms with E-state index in [1.165, 1.54) is 0 Å². The van der Waals surface area contributed by atoms with Crippen LogP contribution in [0.15, 0.2) is 0 Å². The molecule has 1 saturated carbocycles. The molecule has 3 unspecified atom stereocenters. The molecular weight excluding hydrogens is 183 g/mol. The fourth-order valence-electron chi connectivity index (χ4n) is 1.53. The van der Waals surface area contributed by atoms with Crippen LogP contribution in [-0.2, 0) is 15.5 Å². The first kappa shape index (κ1) is 9.64. The van der Waals surface area contributed by atoms with E-state index in [0.717, 1.165) is 0 Å². The molecule has 0 heterocycles. The van der Waals surface area contributed by atoms with Crippen LogP contribution in [0, 0.1) is 5.92 Å². The fraction of sp³-hybridized carbons (Fsp3) is 0.857. The van der Waals surface area contributed by atoms with E-state index in [-0.39, 0.29) is 0 Å². The van der Waals surface area contributed by atoms with Crippen molar-refractivity contribution in [2.24, 2.45) is 5.92 Å². The molecular formula is C7H11FO3S. The van der Waals surface area contributed by atoms with Crippen LogP contribution in [0.1, 0.15) is 19.3 Å². The van der Waals surface area contributed by atoms with Gasteiger partial charge in [0.15, 0.2) is 0 Å². The smallest absolute Gasteiger partial charge is 0.145 e. The van der Waals surface area contributed by atoms with E-state index in [1.807, 2.05) is 0 Å². The molecule has 0 N–H and O–H groups in total. The number of halogens is 1. The normalized spacial score (nSPS) is 36.7. The van der Waals surface area contributed by atoms with Crippen molar-refractivity contribution in [1.82, 2.24) is 0 Å². The molecule has 0 aromatic carbocycles. The number of hydrogen-bond acceptors (Lipinski definition) is 3. The molecule has 1 fully saturated rings. The Balaban J connectivity index is 2.71. The third-order valence-electron chi connectivity index (χ3n) is 2.26. The van der Waals surface area contributed by atoms with Crippen LogP contribution in [0.5, 0.6) is 0 Å². The van der Waals surface area contributed by atoms with E-state index >= 15 is 0 Å². The van der Waals surface area contributed by atoms with Gasteiger partial charge in [-0.15, -0.1) is 0 Å². The summed E-state index contributed by atoms with van der Waals surface area (Å²) < 4.78 is 34.2. The molecule has 0 aromatic rings. The van der Waals surface area contributed by atoms with Crippen molar-refractivity contribution in [3.05, 3.63) is 0 Å². The largest absolute Gasteiger partial charge is 0.303 e. The molecule has 1 aliphatic carbocycles. The van der Waals surface area contributed by atoms with Crippen LogP contribution in [0.25, 0.3) is 0 Å². The van der Waals surface area contributed by atoms with E-state index in [0.29, 0.717) is 25.5 Å². The Labute approximate surface area is 71.9 Å². The van der Waals surface area contributed by atoms with Gasteiger partial charge in [0.2, 0.25) is 0 Å². The van der Waals surface area contributed by atoms with Crippen LogP contribution in [0.3, 0.4) is 0 Å². The predicted octanol–water partition coefficient (Wildman–Crippen LogP) is 0.304. The summed E-state index contributed by atoms with van der Waals surface area (Å²) in [6.45, 7) is 0. The van der Waals surface area contributed by atoms with Crippen molar-refractivity contribution in [3.63, 3.8) is 0 Å². The molecule has 70 valence electrons. The van der Waals surface area contributed by atoms with Gasteiger partial charge in [-0.05, 0) is 12.8 Å². The maximum atomic E-state index is 13.1. The molecule has 0 radical (unpaired) electrons. The van der Waals surface area contributed by atoms with Gasteiger partial charge in [-0.3, -0.25) is 0 Å². The number of carbonyl (C=O) groups excluding carboxylic acids is 1. The highest BCUT2D eigenvalue weighted by Crippen LogP contribution is 2.27. The molecule has 0 aromatic heterocycles. The number of hydrogen-bond donors (Lipinski definition) is 1. The summed E-state index contributed by atoms with van der Waals surface area (Å²) in [6.07, 6.45) is 0.486. The Morgan fingerprint density at radius 2 is 2.00 bits per heavy atom. The van der Waals surface area contributed by atoms with Crippen LogP contribution < -0.4 is 0 Å². The quantitative estimate of drug-likeness (QED) is 0.508. The summed E-state index contributed by atoms with van der Waals surface area (Å²) in [7, 11) is -2.72. The number of thiol groups is 1. The van der Waals surface area contributed by atoms with E-state index in [9.17, 15) is 17.6 Å². The summed E-state index contributed by atoms with van der Waals surface area (Å²) >= 11 is 0. The van der Waals surface area contributed by atoms with Gasteiger partial charge >= 0.3 is 0 Å². The van der Waals surface area contributed by atoms with Gasteiger partial charge in [0.05, 0.1) is 5.25 Å². The molecule has 0 saturated heterocycles. The Kier molecular flexibility index (Phi) is 3.20. The van der Waals surface area contributed by atoms with Gasteiger partial charge in [0, 0.05) is 5.92 Å². The molecule has 1 aliphatic rings. The number of alkyl halides is 1. The summed E-state index contributed by atoms with van der Waals surface area (Å²) in [5.74, 6) is -0.711. The lowest BCUT2D eigenvalue weighted by atomic mass is 9.88. The minimum atomic E-state index is -2.72. The first-order valence-electron chi connectivity index (χ1n) is 3.89. The number of carbonyl (C=O) groups is 1. The molecule has 0 bridgehead atoms. The topological polar surface area (TPSA) is 51.2 Å². The lowest BCUT2D eigenvalue weighted by molar-refractivity contribution is -0.113. The van der Waals surface area contributed by atoms with E-state index in [1.54, 1.807) is 0 Å². The molecule has 0 spiro atoms. The second-order valence-corrected chi connectivity index (χ2v) is 4.26. The molecule has 3 atom stereocenters. The first-order valence-corrected chi connectivity index (χ1v) is 5.14. The maximum Gasteiger partial charge on any atom is 0.145 e.